The second-order valence-corrected chi connectivity index (χ2v) is 9.03. The van der Waals surface area contributed by atoms with E-state index in [-0.39, 0.29) is 18.4 Å². The average molecular weight is 472 g/mol. The van der Waals surface area contributed by atoms with E-state index < -0.39 is 48.3 Å². The van der Waals surface area contributed by atoms with Gasteiger partial charge >= 0.3 is 12.1 Å². The van der Waals surface area contributed by atoms with Crippen LogP contribution < -0.4 is 10.6 Å². The van der Waals surface area contributed by atoms with Gasteiger partial charge in [-0.25, -0.2) is 13.6 Å². The summed E-state index contributed by atoms with van der Waals surface area (Å²) in [6.45, 7) is 2.97. The highest BCUT2D eigenvalue weighted by molar-refractivity contribution is 5.86. The fourth-order valence-electron chi connectivity index (χ4n) is 4.60. The van der Waals surface area contributed by atoms with E-state index in [0.717, 1.165) is 22.3 Å². The molecular formula is C25H26F2N2O5. The predicted octanol–water partition coefficient (Wildman–Crippen LogP) is 3.63. The minimum absolute atomic E-state index is 0.0703. The maximum Gasteiger partial charge on any atom is 0.407 e. The van der Waals surface area contributed by atoms with E-state index in [2.05, 4.69) is 10.6 Å². The van der Waals surface area contributed by atoms with Crippen LogP contribution in [0.2, 0.25) is 0 Å². The summed E-state index contributed by atoms with van der Waals surface area (Å²) in [7, 11) is 0. The lowest BCUT2D eigenvalue weighted by Gasteiger charge is -2.22. The SMILES string of the molecule is CC(C)[C@@H](NC(=O)OCC1c2ccccc2-c2ccccc21)C(=O)NC[C@@H]1[C@H](C(=O)O)C1(F)F. The number of amides is 2. The van der Waals surface area contributed by atoms with E-state index in [9.17, 15) is 23.2 Å². The summed E-state index contributed by atoms with van der Waals surface area (Å²) in [6.07, 6.45) is -0.795. The van der Waals surface area contributed by atoms with Crippen molar-refractivity contribution in [2.24, 2.45) is 17.8 Å². The first-order valence-electron chi connectivity index (χ1n) is 11.1. The van der Waals surface area contributed by atoms with Crippen molar-refractivity contribution in [1.29, 1.82) is 0 Å². The zero-order chi connectivity index (χ0) is 24.6. The molecule has 3 N–H and O–H groups in total. The Hall–Kier alpha value is -3.49. The topological polar surface area (TPSA) is 105 Å². The highest BCUT2D eigenvalue weighted by Gasteiger charge is 2.72. The third kappa shape index (κ3) is 4.34. The van der Waals surface area contributed by atoms with E-state index in [1.807, 2.05) is 48.5 Å². The molecule has 2 aliphatic carbocycles. The molecule has 2 aromatic rings. The maximum absolute atomic E-state index is 13.6. The number of nitrogens with one attached hydrogen (secondary N) is 2. The number of carboxylic acids is 1. The summed E-state index contributed by atoms with van der Waals surface area (Å²) in [5.74, 6) is -9.38. The molecule has 0 aromatic heterocycles. The van der Waals surface area contributed by atoms with E-state index >= 15 is 0 Å². The summed E-state index contributed by atoms with van der Waals surface area (Å²) in [5, 5.41) is 13.7. The van der Waals surface area contributed by atoms with Crippen LogP contribution in [0.1, 0.15) is 30.9 Å². The quantitative estimate of drug-likeness (QED) is 0.544. The van der Waals surface area contributed by atoms with Crippen molar-refractivity contribution in [2.45, 2.75) is 31.7 Å². The van der Waals surface area contributed by atoms with Crippen LogP contribution in [0.4, 0.5) is 13.6 Å². The minimum Gasteiger partial charge on any atom is -0.481 e. The third-order valence-electron chi connectivity index (χ3n) is 6.53. The molecule has 0 aliphatic heterocycles. The molecule has 2 amide bonds. The number of fused-ring (bicyclic) bond motifs is 3. The van der Waals surface area contributed by atoms with Gasteiger partial charge in [-0.3, -0.25) is 9.59 Å². The highest BCUT2D eigenvalue weighted by Crippen LogP contribution is 2.54. The van der Waals surface area contributed by atoms with Crippen LogP contribution in [0.3, 0.4) is 0 Å². The zero-order valence-corrected chi connectivity index (χ0v) is 18.8. The molecule has 4 rings (SSSR count). The summed E-state index contributed by atoms with van der Waals surface area (Å²) in [4.78, 5) is 36.0. The Labute approximate surface area is 195 Å². The fourth-order valence-corrected chi connectivity index (χ4v) is 4.60. The molecule has 34 heavy (non-hydrogen) atoms. The van der Waals surface area contributed by atoms with E-state index in [1.165, 1.54) is 0 Å². The van der Waals surface area contributed by atoms with E-state index in [1.54, 1.807) is 13.8 Å². The zero-order valence-electron chi connectivity index (χ0n) is 18.8. The molecule has 9 heteroatoms. The molecular weight excluding hydrogens is 446 g/mol. The van der Waals surface area contributed by atoms with Crippen LogP contribution in [0.5, 0.6) is 0 Å². The fraction of sp³-hybridized carbons (Fsp3) is 0.400. The molecule has 3 atom stereocenters. The maximum atomic E-state index is 13.6. The van der Waals surface area contributed by atoms with Gasteiger partial charge < -0.3 is 20.5 Å². The van der Waals surface area contributed by atoms with Crippen LogP contribution in [0.15, 0.2) is 48.5 Å². The van der Waals surface area contributed by atoms with Crippen molar-refractivity contribution in [1.82, 2.24) is 10.6 Å². The minimum atomic E-state index is -3.35. The number of hydrogen-bond acceptors (Lipinski definition) is 4. The van der Waals surface area contributed by atoms with Gasteiger partial charge in [-0.15, -0.1) is 0 Å². The first kappa shape index (κ1) is 23.7. The van der Waals surface area contributed by atoms with Crippen LogP contribution in [-0.2, 0) is 14.3 Å². The molecule has 7 nitrogen and oxygen atoms in total. The van der Waals surface area contributed by atoms with Gasteiger partial charge in [0.1, 0.15) is 18.6 Å². The molecule has 0 unspecified atom stereocenters. The summed E-state index contributed by atoms with van der Waals surface area (Å²) >= 11 is 0. The largest absolute Gasteiger partial charge is 0.481 e. The second kappa shape index (κ2) is 9.04. The summed E-state index contributed by atoms with van der Waals surface area (Å²) in [5.41, 5.74) is 4.27. The Morgan fingerprint density at radius 3 is 2.09 bits per heavy atom. The van der Waals surface area contributed by atoms with Crippen molar-refractivity contribution in [3.63, 3.8) is 0 Å². The molecule has 180 valence electrons. The number of carbonyl (C=O) groups is 3. The Bertz CT molecular complexity index is 1070. The van der Waals surface area contributed by atoms with Crippen molar-refractivity contribution in [3.05, 3.63) is 59.7 Å². The van der Waals surface area contributed by atoms with Crippen molar-refractivity contribution >= 4 is 18.0 Å². The van der Waals surface area contributed by atoms with Gasteiger partial charge in [0.05, 0.1) is 5.92 Å². The number of benzene rings is 2. The summed E-state index contributed by atoms with van der Waals surface area (Å²) in [6, 6.07) is 14.8. The summed E-state index contributed by atoms with van der Waals surface area (Å²) < 4.78 is 32.6. The Morgan fingerprint density at radius 1 is 1.03 bits per heavy atom. The molecule has 1 saturated carbocycles. The smallest absolute Gasteiger partial charge is 0.407 e. The molecule has 0 heterocycles. The average Bonchev–Trinajstić information content (AvgIpc) is 3.21. The first-order valence-corrected chi connectivity index (χ1v) is 11.1. The van der Waals surface area contributed by atoms with Crippen molar-refractivity contribution in [2.75, 3.05) is 13.2 Å². The van der Waals surface area contributed by atoms with Gasteiger partial charge in [0.15, 0.2) is 0 Å². The van der Waals surface area contributed by atoms with E-state index in [0.29, 0.717) is 0 Å². The number of alkyl carbamates (subject to hydrolysis) is 1. The Balaban J connectivity index is 1.35. The van der Waals surface area contributed by atoms with Crippen molar-refractivity contribution < 1.29 is 33.0 Å². The lowest BCUT2D eigenvalue weighted by molar-refractivity contribution is -0.141. The molecule has 0 spiro atoms. The Morgan fingerprint density at radius 2 is 1.59 bits per heavy atom. The van der Waals surface area contributed by atoms with Gasteiger partial charge in [-0.05, 0) is 28.2 Å². The van der Waals surface area contributed by atoms with Crippen LogP contribution >= 0.6 is 0 Å². The number of carbonyl (C=O) groups excluding carboxylic acids is 2. The second-order valence-electron chi connectivity index (χ2n) is 9.03. The number of alkyl halides is 2. The van der Waals surface area contributed by atoms with E-state index in [4.69, 9.17) is 9.84 Å². The molecule has 0 bridgehead atoms. The van der Waals surface area contributed by atoms with Gasteiger partial charge in [0.2, 0.25) is 5.91 Å². The molecule has 1 fully saturated rings. The standard InChI is InChI=1S/C25H26F2N2O5/c1-13(2)21(22(30)28-11-19-20(23(31)32)25(19,26)27)29-24(33)34-12-18-16-9-5-3-7-14(16)15-8-4-6-10-17(15)18/h3-10,13,18-21H,11-12H2,1-2H3,(H,28,30)(H,29,33)(H,31,32)/t19-,20-,21-/m1/s1. The normalized spacial score (nSPS) is 20.7. The number of ether oxygens (including phenoxy) is 1. The van der Waals surface area contributed by atoms with Crippen LogP contribution in [0, 0.1) is 17.8 Å². The number of aliphatic carboxylic acids is 1. The van der Waals surface area contributed by atoms with Gasteiger partial charge in [-0.1, -0.05) is 62.4 Å². The van der Waals surface area contributed by atoms with Gasteiger partial charge in [0, 0.05) is 12.5 Å². The lowest BCUT2D eigenvalue weighted by Crippen LogP contribution is -2.50. The molecule has 0 saturated heterocycles. The number of rotatable bonds is 8. The lowest BCUT2D eigenvalue weighted by atomic mass is 9.98. The van der Waals surface area contributed by atoms with Gasteiger partial charge in [0.25, 0.3) is 5.92 Å². The van der Waals surface area contributed by atoms with Crippen LogP contribution in [-0.4, -0.2) is 48.2 Å². The molecule has 0 radical (unpaired) electrons. The Kier molecular flexibility index (Phi) is 6.29. The molecule has 2 aliphatic rings. The number of hydrogen-bond donors (Lipinski definition) is 3. The van der Waals surface area contributed by atoms with Crippen LogP contribution in [0.25, 0.3) is 11.1 Å². The molecule has 2 aromatic carbocycles. The predicted molar refractivity (Wildman–Crippen MR) is 119 cm³/mol. The van der Waals surface area contributed by atoms with Crippen molar-refractivity contribution in [3.8, 4) is 11.1 Å². The number of carboxylic acid groups (broad SMARTS) is 1. The van der Waals surface area contributed by atoms with Gasteiger partial charge in [-0.2, -0.15) is 0 Å². The first-order chi connectivity index (χ1) is 16.1. The number of halogens is 2. The highest BCUT2D eigenvalue weighted by atomic mass is 19.3. The third-order valence-corrected chi connectivity index (χ3v) is 6.53. The monoisotopic (exact) mass is 472 g/mol.